The standard InChI is InChI=1S/C20H27N3O4/c24-18(12-21-8-10-26-11-9-21)22-7-6-20(14-22)15-23(19(25)13-27-16-20)17-4-2-1-3-5-17/h1-5H,6-16H2. The summed E-state index contributed by atoms with van der Waals surface area (Å²) in [5.41, 5.74) is 0.702. The van der Waals surface area contributed by atoms with Crippen molar-refractivity contribution >= 4 is 17.5 Å². The highest BCUT2D eigenvalue weighted by Gasteiger charge is 2.44. The van der Waals surface area contributed by atoms with E-state index < -0.39 is 0 Å². The van der Waals surface area contributed by atoms with Gasteiger partial charge < -0.3 is 19.3 Å². The van der Waals surface area contributed by atoms with Crippen molar-refractivity contribution < 1.29 is 19.1 Å². The average Bonchev–Trinajstić information content (AvgIpc) is 3.04. The lowest BCUT2D eigenvalue weighted by molar-refractivity contribution is -0.133. The summed E-state index contributed by atoms with van der Waals surface area (Å²) in [6, 6.07) is 9.72. The topological polar surface area (TPSA) is 62.3 Å². The Morgan fingerprint density at radius 1 is 1.04 bits per heavy atom. The Kier molecular flexibility index (Phi) is 5.43. The molecule has 0 saturated carbocycles. The first-order chi connectivity index (χ1) is 13.2. The van der Waals surface area contributed by atoms with Gasteiger partial charge in [-0.25, -0.2) is 0 Å². The van der Waals surface area contributed by atoms with E-state index in [-0.39, 0.29) is 23.8 Å². The number of amides is 2. The van der Waals surface area contributed by atoms with Crippen LogP contribution in [-0.4, -0.2) is 87.3 Å². The average molecular weight is 373 g/mol. The molecule has 0 aliphatic carbocycles. The second kappa shape index (κ2) is 7.96. The summed E-state index contributed by atoms with van der Waals surface area (Å²) in [4.78, 5) is 31.2. The number of ether oxygens (including phenoxy) is 2. The van der Waals surface area contributed by atoms with E-state index in [0.29, 0.717) is 39.5 Å². The number of likely N-dealkylation sites (tertiary alicyclic amines) is 1. The van der Waals surface area contributed by atoms with Crippen LogP contribution in [0.3, 0.4) is 0 Å². The van der Waals surface area contributed by atoms with Gasteiger partial charge >= 0.3 is 0 Å². The number of anilines is 1. The number of rotatable bonds is 3. The zero-order valence-electron chi connectivity index (χ0n) is 15.6. The Bertz CT molecular complexity index is 677. The number of para-hydroxylation sites is 1. The van der Waals surface area contributed by atoms with Crippen LogP contribution < -0.4 is 4.90 Å². The third-order valence-electron chi connectivity index (χ3n) is 5.75. The monoisotopic (exact) mass is 373 g/mol. The van der Waals surface area contributed by atoms with Crippen LogP contribution in [0.2, 0.25) is 0 Å². The fourth-order valence-corrected chi connectivity index (χ4v) is 4.19. The number of benzene rings is 1. The molecule has 1 unspecified atom stereocenters. The van der Waals surface area contributed by atoms with Gasteiger partial charge in [-0.05, 0) is 18.6 Å². The fourth-order valence-electron chi connectivity index (χ4n) is 4.19. The van der Waals surface area contributed by atoms with Gasteiger partial charge in [0.05, 0.1) is 26.4 Å². The smallest absolute Gasteiger partial charge is 0.252 e. The minimum Gasteiger partial charge on any atom is -0.379 e. The summed E-state index contributed by atoms with van der Waals surface area (Å²) >= 11 is 0. The van der Waals surface area contributed by atoms with Gasteiger partial charge in [0.1, 0.15) is 6.61 Å². The predicted molar refractivity (Wildman–Crippen MR) is 101 cm³/mol. The minimum absolute atomic E-state index is 0.0174. The van der Waals surface area contributed by atoms with Crippen molar-refractivity contribution in [3.8, 4) is 0 Å². The van der Waals surface area contributed by atoms with E-state index in [0.717, 1.165) is 31.7 Å². The molecular formula is C20H27N3O4. The van der Waals surface area contributed by atoms with E-state index in [2.05, 4.69) is 4.90 Å². The van der Waals surface area contributed by atoms with Gasteiger partial charge in [0.15, 0.2) is 0 Å². The van der Waals surface area contributed by atoms with Crippen molar-refractivity contribution in [2.75, 3.05) is 70.6 Å². The van der Waals surface area contributed by atoms with Crippen molar-refractivity contribution in [1.29, 1.82) is 0 Å². The Hall–Kier alpha value is -1.96. The molecule has 146 valence electrons. The maximum Gasteiger partial charge on any atom is 0.252 e. The molecule has 7 heteroatoms. The highest BCUT2D eigenvalue weighted by molar-refractivity contribution is 5.94. The van der Waals surface area contributed by atoms with E-state index in [1.807, 2.05) is 40.1 Å². The minimum atomic E-state index is -0.192. The molecule has 1 atom stereocenters. The molecule has 3 saturated heterocycles. The number of carbonyl (C=O) groups is 2. The molecule has 0 N–H and O–H groups in total. The number of hydrogen-bond acceptors (Lipinski definition) is 5. The summed E-state index contributed by atoms with van der Waals surface area (Å²) in [7, 11) is 0. The first kappa shape index (κ1) is 18.4. The second-order valence-electron chi connectivity index (χ2n) is 7.76. The van der Waals surface area contributed by atoms with Crippen LogP contribution in [0.5, 0.6) is 0 Å². The van der Waals surface area contributed by atoms with E-state index in [9.17, 15) is 9.59 Å². The van der Waals surface area contributed by atoms with Crippen LogP contribution in [0.25, 0.3) is 0 Å². The van der Waals surface area contributed by atoms with Crippen molar-refractivity contribution in [3.05, 3.63) is 30.3 Å². The number of nitrogens with zero attached hydrogens (tertiary/aromatic N) is 3. The highest BCUT2D eigenvalue weighted by atomic mass is 16.5. The molecule has 4 rings (SSSR count). The molecule has 3 aliphatic heterocycles. The Labute approximate surface area is 159 Å². The number of morpholine rings is 1. The molecule has 3 fully saturated rings. The SMILES string of the molecule is O=C(CN1CCOCC1)N1CCC2(COCC(=O)N(c3ccccc3)C2)C1. The van der Waals surface area contributed by atoms with E-state index in [4.69, 9.17) is 9.47 Å². The van der Waals surface area contributed by atoms with Gasteiger partial charge in [-0.1, -0.05) is 18.2 Å². The lowest BCUT2D eigenvalue weighted by Crippen LogP contribution is -2.46. The van der Waals surface area contributed by atoms with Crippen LogP contribution in [0.1, 0.15) is 6.42 Å². The Balaban J connectivity index is 1.43. The lowest BCUT2D eigenvalue weighted by atomic mass is 9.87. The van der Waals surface area contributed by atoms with E-state index in [1.54, 1.807) is 0 Å². The quantitative estimate of drug-likeness (QED) is 0.777. The van der Waals surface area contributed by atoms with Crippen molar-refractivity contribution in [1.82, 2.24) is 9.80 Å². The van der Waals surface area contributed by atoms with Crippen LogP contribution in [0, 0.1) is 5.41 Å². The Morgan fingerprint density at radius 3 is 2.59 bits per heavy atom. The van der Waals surface area contributed by atoms with Gasteiger partial charge in [-0.3, -0.25) is 14.5 Å². The molecular weight excluding hydrogens is 346 g/mol. The number of carbonyl (C=O) groups excluding carboxylic acids is 2. The number of hydrogen-bond donors (Lipinski definition) is 0. The lowest BCUT2D eigenvalue weighted by Gasteiger charge is -2.32. The summed E-state index contributed by atoms with van der Waals surface area (Å²) in [6.07, 6.45) is 0.860. The summed E-state index contributed by atoms with van der Waals surface area (Å²) in [5.74, 6) is 0.145. The zero-order chi connectivity index (χ0) is 18.7. The third kappa shape index (κ3) is 4.15. The molecule has 27 heavy (non-hydrogen) atoms. The van der Waals surface area contributed by atoms with Gasteiger partial charge in [-0.2, -0.15) is 0 Å². The molecule has 0 aromatic heterocycles. The fraction of sp³-hybridized carbons (Fsp3) is 0.600. The molecule has 7 nitrogen and oxygen atoms in total. The molecule has 1 spiro atoms. The molecule has 3 aliphatic rings. The van der Waals surface area contributed by atoms with Gasteiger partial charge in [0, 0.05) is 43.8 Å². The van der Waals surface area contributed by atoms with Gasteiger partial charge in [-0.15, -0.1) is 0 Å². The van der Waals surface area contributed by atoms with Crippen LogP contribution in [0.4, 0.5) is 5.69 Å². The molecule has 2 amide bonds. The van der Waals surface area contributed by atoms with Crippen LogP contribution in [-0.2, 0) is 19.1 Å². The molecule has 3 heterocycles. The molecule has 0 bridgehead atoms. The first-order valence-corrected chi connectivity index (χ1v) is 9.66. The van der Waals surface area contributed by atoms with E-state index in [1.165, 1.54) is 0 Å². The van der Waals surface area contributed by atoms with Crippen molar-refractivity contribution in [3.63, 3.8) is 0 Å². The van der Waals surface area contributed by atoms with Crippen LogP contribution in [0.15, 0.2) is 30.3 Å². The van der Waals surface area contributed by atoms with Gasteiger partial charge in [0.2, 0.25) is 5.91 Å². The first-order valence-electron chi connectivity index (χ1n) is 9.66. The third-order valence-corrected chi connectivity index (χ3v) is 5.75. The molecule has 1 aromatic rings. The summed E-state index contributed by atoms with van der Waals surface area (Å²) in [5, 5.41) is 0. The zero-order valence-corrected chi connectivity index (χ0v) is 15.6. The normalized spacial score (nSPS) is 27.2. The Morgan fingerprint density at radius 2 is 1.81 bits per heavy atom. The van der Waals surface area contributed by atoms with E-state index >= 15 is 0 Å². The summed E-state index contributed by atoms with van der Waals surface area (Å²) < 4.78 is 11.1. The van der Waals surface area contributed by atoms with Crippen molar-refractivity contribution in [2.24, 2.45) is 5.41 Å². The predicted octanol–water partition coefficient (Wildman–Crippen LogP) is 0.601. The van der Waals surface area contributed by atoms with Gasteiger partial charge in [0.25, 0.3) is 5.91 Å². The summed E-state index contributed by atoms with van der Waals surface area (Å²) in [6.45, 7) is 6.03. The highest BCUT2D eigenvalue weighted by Crippen LogP contribution is 2.35. The second-order valence-corrected chi connectivity index (χ2v) is 7.76. The van der Waals surface area contributed by atoms with Crippen molar-refractivity contribution in [2.45, 2.75) is 6.42 Å². The largest absolute Gasteiger partial charge is 0.379 e. The van der Waals surface area contributed by atoms with Crippen LogP contribution >= 0.6 is 0 Å². The maximum absolute atomic E-state index is 12.8. The molecule has 1 aromatic carbocycles. The maximum atomic E-state index is 12.8. The molecule has 0 radical (unpaired) electrons.